The molecule has 2 aromatic carbocycles. The number of rotatable bonds is 4. The fraction of sp³-hybridized carbons (Fsp3) is 0.188. The number of carbonyl (C=O) groups excluding carboxylic acids is 1. The van der Waals surface area contributed by atoms with Crippen LogP contribution in [0.3, 0.4) is 0 Å². The summed E-state index contributed by atoms with van der Waals surface area (Å²) >= 11 is 0. The molecule has 1 amide bonds. The van der Waals surface area contributed by atoms with E-state index in [4.69, 9.17) is 5.73 Å². The lowest BCUT2D eigenvalue weighted by molar-refractivity contribution is -0.137. The molecule has 0 aliphatic rings. The maximum atomic E-state index is 12.6. The predicted molar refractivity (Wildman–Crippen MR) is 78.2 cm³/mol. The third kappa shape index (κ3) is 4.33. The third-order valence-electron chi connectivity index (χ3n) is 3.09. The summed E-state index contributed by atoms with van der Waals surface area (Å²) in [5.74, 6) is -0.525. The van der Waals surface area contributed by atoms with Crippen LogP contribution in [0.1, 0.15) is 11.1 Å². The Balaban J connectivity index is 2.02. The molecule has 0 aromatic heterocycles. The smallest absolute Gasteiger partial charge is 0.325 e. The van der Waals surface area contributed by atoms with E-state index in [0.717, 1.165) is 17.7 Å². The maximum absolute atomic E-state index is 12.6. The highest BCUT2D eigenvalue weighted by Gasteiger charge is 2.30. The molecule has 2 rings (SSSR count). The van der Waals surface area contributed by atoms with Crippen molar-refractivity contribution < 1.29 is 18.0 Å². The summed E-state index contributed by atoms with van der Waals surface area (Å²) in [4.78, 5) is 12.0. The van der Waals surface area contributed by atoms with Crippen molar-refractivity contribution in [2.24, 2.45) is 5.73 Å². The van der Waals surface area contributed by atoms with Crippen molar-refractivity contribution >= 4 is 11.6 Å². The number of nitrogens with two attached hydrogens (primary N) is 1. The molecule has 0 spiro atoms. The van der Waals surface area contributed by atoms with Crippen LogP contribution in [0.15, 0.2) is 54.6 Å². The lowest BCUT2D eigenvalue weighted by Crippen LogP contribution is -2.37. The van der Waals surface area contributed by atoms with Gasteiger partial charge in [0.1, 0.15) is 0 Å². The first-order valence-corrected chi connectivity index (χ1v) is 6.64. The van der Waals surface area contributed by atoms with Crippen LogP contribution in [0.25, 0.3) is 0 Å². The van der Waals surface area contributed by atoms with Crippen molar-refractivity contribution in [1.82, 2.24) is 0 Å². The molecule has 0 unspecified atom stereocenters. The van der Waals surface area contributed by atoms with Crippen molar-refractivity contribution in [2.75, 3.05) is 5.32 Å². The average molecular weight is 308 g/mol. The molecule has 0 fully saturated rings. The van der Waals surface area contributed by atoms with Gasteiger partial charge in [-0.2, -0.15) is 13.2 Å². The minimum Gasteiger partial charge on any atom is -0.325 e. The number of benzene rings is 2. The van der Waals surface area contributed by atoms with E-state index in [1.54, 1.807) is 0 Å². The van der Waals surface area contributed by atoms with Gasteiger partial charge in [-0.1, -0.05) is 36.4 Å². The van der Waals surface area contributed by atoms with Gasteiger partial charge in [0.05, 0.1) is 11.6 Å². The Bertz CT molecular complexity index is 641. The summed E-state index contributed by atoms with van der Waals surface area (Å²) in [5, 5.41) is 2.41. The molecule has 0 heterocycles. The van der Waals surface area contributed by atoms with Gasteiger partial charge in [-0.3, -0.25) is 4.79 Å². The molecule has 0 saturated carbocycles. The van der Waals surface area contributed by atoms with Crippen LogP contribution in [0.2, 0.25) is 0 Å². The van der Waals surface area contributed by atoms with Gasteiger partial charge in [-0.05, 0) is 30.2 Å². The molecule has 0 saturated heterocycles. The van der Waals surface area contributed by atoms with E-state index in [1.165, 1.54) is 12.1 Å². The van der Waals surface area contributed by atoms with Crippen molar-refractivity contribution in [3.05, 3.63) is 65.7 Å². The molecular weight excluding hydrogens is 293 g/mol. The van der Waals surface area contributed by atoms with Gasteiger partial charge in [0.15, 0.2) is 0 Å². The Morgan fingerprint density at radius 2 is 1.77 bits per heavy atom. The van der Waals surface area contributed by atoms with Gasteiger partial charge in [0.2, 0.25) is 5.91 Å². The molecule has 3 nitrogen and oxygen atoms in total. The van der Waals surface area contributed by atoms with Gasteiger partial charge < -0.3 is 11.1 Å². The average Bonchev–Trinajstić information content (AvgIpc) is 2.47. The van der Waals surface area contributed by atoms with Crippen molar-refractivity contribution in [1.29, 1.82) is 0 Å². The zero-order chi connectivity index (χ0) is 16.2. The second kappa shape index (κ2) is 6.62. The maximum Gasteiger partial charge on any atom is 0.416 e. The largest absolute Gasteiger partial charge is 0.416 e. The zero-order valence-corrected chi connectivity index (χ0v) is 11.6. The highest BCUT2D eigenvalue weighted by molar-refractivity contribution is 5.94. The lowest BCUT2D eigenvalue weighted by atomic mass is 10.1. The Morgan fingerprint density at radius 1 is 1.09 bits per heavy atom. The van der Waals surface area contributed by atoms with Crippen LogP contribution in [-0.4, -0.2) is 11.9 Å². The number of halogens is 3. The Hall–Kier alpha value is -2.34. The van der Waals surface area contributed by atoms with E-state index in [0.29, 0.717) is 6.42 Å². The van der Waals surface area contributed by atoms with E-state index < -0.39 is 23.7 Å². The van der Waals surface area contributed by atoms with Gasteiger partial charge in [0.25, 0.3) is 0 Å². The molecule has 3 N–H and O–H groups in total. The number of anilines is 1. The minimum absolute atomic E-state index is 0.0725. The minimum atomic E-state index is -4.45. The second-order valence-corrected chi connectivity index (χ2v) is 4.86. The van der Waals surface area contributed by atoms with Crippen LogP contribution in [0.5, 0.6) is 0 Å². The SMILES string of the molecule is N[C@@H](Cc1ccccc1)C(=O)Nc1cccc(C(F)(F)F)c1. The first-order chi connectivity index (χ1) is 10.4. The molecule has 116 valence electrons. The van der Waals surface area contributed by atoms with Crippen molar-refractivity contribution in [2.45, 2.75) is 18.6 Å². The standard InChI is InChI=1S/C16H15F3N2O/c17-16(18,19)12-7-4-8-13(10-12)21-15(22)14(20)9-11-5-2-1-3-6-11/h1-8,10,14H,9,20H2,(H,21,22)/t14-/m0/s1. The highest BCUT2D eigenvalue weighted by atomic mass is 19.4. The summed E-state index contributed by atoms with van der Waals surface area (Å²) in [6.45, 7) is 0. The summed E-state index contributed by atoms with van der Waals surface area (Å²) in [6.07, 6.45) is -4.14. The molecule has 0 bridgehead atoms. The van der Waals surface area contributed by atoms with Gasteiger partial charge in [0, 0.05) is 5.69 Å². The first-order valence-electron chi connectivity index (χ1n) is 6.64. The molecule has 0 aliphatic heterocycles. The number of alkyl halides is 3. The van der Waals surface area contributed by atoms with Crippen molar-refractivity contribution in [3.63, 3.8) is 0 Å². The molecule has 22 heavy (non-hydrogen) atoms. The highest BCUT2D eigenvalue weighted by Crippen LogP contribution is 2.30. The van der Waals surface area contributed by atoms with E-state index in [1.807, 2.05) is 30.3 Å². The number of hydrogen-bond donors (Lipinski definition) is 2. The number of amides is 1. The topological polar surface area (TPSA) is 55.1 Å². The van der Waals surface area contributed by atoms with Gasteiger partial charge >= 0.3 is 6.18 Å². The van der Waals surface area contributed by atoms with Crippen molar-refractivity contribution in [3.8, 4) is 0 Å². The second-order valence-electron chi connectivity index (χ2n) is 4.86. The molecule has 1 atom stereocenters. The predicted octanol–water partition coefficient (Wildman–Crippen LogP) is 3.21. The first kappa shape index (κ1) is 16.0. The summed E-state index contributed by atoms with van der Waals surface area (Å²) in [6, 6.07) is 12.8. The van der Waals surface area contributed by atoms with E-state index in [2.05, 4.69) is 5.32 Å². The van der Waals surface area contributed by atoms with Gasteiger partial charge in [-0.25, -0.2) is 0 Å². The summed E-state index contributed by atoms with van der Waals surface area (Å²) in [7, 11) is 0. The number of hydrogen-bond acceptors (Lipinski definition) is 2. The molecular formula is C16H15F3N2O. The fourth-order valence-corrected chi connectivity index (χ4v) is 1.97. The van der Waals surface area contributed by atoms with Crippen LogP contribution in [0, 0.1) is 0 Å². The van der Waals surface area contributed by atoms with Crippen LogP contribution < -0.4 is 11.1 Å². The molecule has 0 radical (unpaired) electrons. The fourth-order valence-electron chi connectivity index (χ4n) is 1.97. The Morgan fingerprint density at radius 3 is 2.41 bits per heavy atom. The Kier molecular flexibility index (Phi) is 4.82. The summed E-state index contributed by atoms with van der Waals surface area (Å²) < 4.78 is 37.8. The molecule has 2 aromatic rings. The van der Waals surface area contributed by atoms with Gasteiger partial charge in [-0.15, -0.1) is 0 Å². The number of carbonyl (C=O) groups is 1. The van der Waals surface area contributed by atoms with E-state index in [9.17, 15) is 18.0 Å². The Labute approximate surface area is 125 Å². The normalized spacial score (nSPS) is 12.7. The molecule has 0 aliphatic carbocycles. The summed E-state index contributed by atoms with van der Waals surface area (Å²) in [5.41, 5.74) is 5.93. The monoisotopic (exact) mass is 308 g/mol. The third-order valence-corrected chi connectivity index (χ3v) is 3.09. The van der Waals surface area contributed by atoms with Crippen LogP contribution >= 0.6 is 0 Å². The number of nitrogens with one attached hydrogen (secondary N) is 1. The van der Waals surface area contributed by atoms with Crippen LogP contribution in [-0.2, 0) is 17.4 Å². The zero-order valence-electron chi connectivity index (χ0n) is 11.6. The molecule has 6 heteroatoms. The van der Waals surface area contributed by atoms with E-state index >= 15 is 0 Å². The van der Waals surface area contributed by atoms with E-state index in [-0.39, 0.29) is 5.69 Å². The quantitative estimate of drug-likeness (QED) is 0.911. The lowest BCUT2D eigenvalue weighted by Gasteiger charge is -2.14. The van der Waals surface area contributed by atoms with Crippen LogP contribution in [0.4, 0.5) is 18.9 Å².